The number of nitrogens with one attached hydrogen (secondary N) is 1. The molecule has 156 valence electrons. The second-order valence-corrected chi connectivity index (χ2v) is 9.24. The smallest absolute Gasteiger partial charge is 0.258 e. The molecule has 6 nitrogen and oxygen atoms in total. The van der Waals surface area contributed by atoms with Crippen LogP contribution in [0.15, 0.2) is 39.7 Å². The monoisotopic (exact) mass is 492 g/mol. The Bertz CT molecular complexity index is 1060. The number of piperidine rings is 1. The zero-order valence-corrected chi connectivity index (χ0v) is 17.2. The molecular formula is C18H16BrF3N2O4S. The maximum absolute atomic E-state index is 14.3. The molecule has 2 N–H and O–H groups in total. The molecule has 1 saturated heterocycles. The molecule has 0 aromatic heterocycles. The molecule has 1 aliphatic heterocycles. The molecule has 3 rings (SSSR count). The van der Waals surface area contributed by atoms with E-state index in [2.05, 4.69) is 21.2 Å². The van der Waals surface area contributed by atoms with Gasteiger partial charge in [-0.15, -0.1) is 0 Å². The summed E-state index contributed by atoms with van der Waals surface area (Å²) < 4.78 is 68.3. The molecule has 0 spiro atoms. The summed E-state index contributed by atoms with van der Waals surface area (Å²) in [7, 11) is -4.33. The van der Waals surface area contributed by atoms with Crippen molar-refractivity contribution in [1.82, 2.24) is 4.31 Å². The molecule has 1 aliphatic rings. The molecule has 1 fully saturated rings. The third-order valence-corrected chi connectivity index (χ3v) is 7.01. The first kappa shape index (κ1) is 21.8. The molecule has 29 heavy (non-hydrogen) atoms. The third kappa shape index (κ3) is 4.63. The van der Waals surface area contributed by atoms with E-state index in [0.717, 1.165) is 10.4 Å². The van der Waals surface area contributed by atoms with Gasteiger partial charge in [0.2, 0.25) is 10.0 Å². The lowest BCUT2D eigenvalue weighted by Crippen LogP contribution is -2.40. The molecule has 0 aliphatic carbocycles. The van der Waals surface area contributed by atoms with Gasteiger partial charge in [0, 0.05) is 24.8 Å². The van der Waals surface area contributed by atoms with Crippen molar-refractivity contribution in [2.45, 2.75) is 23.8 Å². The summed E-state index contributed by atoms with van der Waals surface area (Å²) in [6.07, 6.45) is -0.264. The van der Waals surface area contributed by atoms with Crippen molar-refractivity contribution >= 4 is 37.5 Å². The molecule has 0 bridgehead atoms. The SMILES string of the molecule is O=C(Nc1ccc(F)c(Br)c1)c1cc(S(=O)(=O)N2CCC(O)CC2)c(F)cc1F. The lowest BCUT2D eigenvalue weighted by molar-refractivity contribution is 0.102. The van der Waals surface area contributed by atoms with Gasteiger partial charge in [0.15, 0.2) is 0 Å². The van der Waals surface area contributed by atoms with Crippen LogP contribution in [0.4, 0.5) is 18.9 Å². The highest BCUT2D eigenvalue weighted by atomic mass is 79.9. The lowest BCUT2D eigenvalue weighted by atomic mass is 10.1. The third-order valence-electron chi connectivity index (χ3n) is 4.48. The molecule has 0 radical (unpaired) electrons. The number of carbonyl (C=O) groups excluding carboxylic acids is 1. The quantitative estimate of drug-likeness (QED) is 0.685. The highest BCUT2D eigenvalue weighted by Crippen LogP contribution is 2.26. The molecule has 1 heterocycles. The number of benzene rings is 2. The van der Waals surface area contributed by atoms with E-state index in [0.29, 0.717) is 12.1 Å². The summed E-state index contributed by atoms with van der Waals surface area (Å²) in [4.78, 5) is 11.6. The first-order valence-electron chi connectivity index (χ1n) is 8.53. The van der Waals surface area contributed by atoms with Crippen molar-refractivity contribution in [1.29, 1.82) is 0 Å². The van der Waals surface area contributed by atoms with Gasteiger partial charge in [-0.05, 0) is 53.0 Å². The Kier molecular flexibility index (Phi) is 6.32. The number of halogens is 4. The van der Waals surface area contributed by atoms with Crippen molar-refractivity contribution in [2.75, 3.05) is 18.4 Å². The Labute approximate surface area is 173 Å². The molecule has 2 aromatic rings. The number of amides is 1. The average Bonchev–Trinajstić information content (AvgIpc) is 2.65. The van der Waals surface area contributed by atoms with E-state index in [9.17, 15) is 31.5 Å². The molecule has 0 saturated carbocycles. The maximum Gasteiger partial charge on any atom is 0.258 e. The molecule has 0 unspecified atom stereocenters. The summed E-state index contributed by atoms with van der Waals surface area (Å²) >= 11 is 2.95. The van der Waals surface area contributed by atoms with E-state index in [1.807, 2.05) is 0 Å². The van der Waals surface area contributed by atoms with Gasteiger partial charge in [-0.3, -0.25) is 4.79 Å². The van der Waals surface area contributed by atoms with Crippen molar-refractivity contribution in [3.05, 3.63) is 57.8 Å². The topological polar surface area (TPSA) is 86.7 Å². The van der Waals surface area contributed by atoms with Crippen molar-refractivity contribution in [3.8, 4) is 0 Å². The standard InChI is InChI=1S/C18H16BrF3N2O4S/c19-13-7-10(1-2-14(13)20)23-18(26)12-8-17(16(22)9-15(12)21)29(27,28)24-5-3-11(25)4-6-24/h1-2,7-9,11,25H,3-6H2,(H,23,26). The molecule has 1 amide bonds. The van der Waals surface area contributed by atoms with E-state index in [1.54, 1.807) is 0 Å². The Morgan fingerprint density at radius 1 is 1.07 bits per heavy atom. The zero-order valence-electron chi connectivity index (χ0n) is 14.8. The number of nitrogens with zero attached hydrogens (tertiary/aromatic N) is 1. The largest absolute Gasteiger partial charge is 0.393 e. The second kappa shape index (κ2) is 8.42. The minimum Gasteiger partial charge on any atom is -0.393 e. The lowest BCUT2D eigenvalue weighted by Gasteiger charge is -2.29. The summed E-state index contributed by atoms with van der Waals surface area (Å²) in [5.74, 6) is -4.16. The van der Waals surface area contributed by atoms with Crippen molar-refractivity contribution in [2.24, 2.45) is 0 Å². The van der Waals surface area contributed by atoms with Crippen LogP contribution in [0.5, 0.6) is 0 Å². The number of sulfonamides is 1. The average molecular weight is 493 g/mol. The van der Waals surface area contributed by atoms with Gasteiger partial charge in [-0.2, -0.15) is 4.31 Å². The normalized spacial score (nSPS) is 16.0. The van der Waals surface area contributed by atoms with Crippen LogP contribution >= 0.6 is 15.9 Å². The predicted molar refractivity (Wildman–Crippen MR) is 102 cm³/mol. The Balaban J connectivity index is 1.92. The molecule has 2 aromatic carbocycles. The van der Waals surface area contributed by atoms with Crippen LogP contribution in [0.25, 0.3) is 0 Å². The van der Waals surface area contributed by atoms with Gasteiger partial charge in [-0.1, -0.05) is 0 Å². The van der Waals surface area contributed by atoms with Crippen LogP contribution in [-0.2, 0) is 10.0 Å². The molecule has 11 heteroatoms. The fourth-order valence-corrected chi connectivity index (χ4v) is 4.82. The van der Waals surface area contributed by atoms with Crippen LogP contribution in [0.2, 0.25) is 0 Å². The number of hydrogen-bond donors (Lipinski definition) is 2. The Morgan fingerprint density at radius 2 is 1.72 bits per heavy atom. The van der Waals surface area contributed by atoms with Crippen LogP contribution in [-0.4, -0.2) is 42.9 Å². The number of rotatable bonds is 4. The highest BCUT2D eigenvalue weighted by Gasteiger charge is 2.32. The summed E-state index contributed by atoms with van der Waals surface area (Å²) in [6.45, 7) is -0.0447. The van der Waals surface area contributed by atoms with Gasteiger partial charge in [0.05, 0.1) is 16.1 Å². The van der Waals surface area contributed by atoms with Crippen LogP contribution in [0.1, 0.15) is 23.2 Å². The number of aliphatic hydroxyl groups excluding tert-OH is 1. The zero-order chi connectivity index (χ0) is 21.3. The van der Waals surface area contributed by atoms with Gasteiger partial charge in [-0.25, -0.2) is 21.6 Å². The maximum atomic E-state index is 14.3. The van der Waals surface area contributed by atoms with Gasteiger partial charge in [0.25, 0.3) is 5.91 Å². The van der Waals surface area contributed by atoms with Gasteiger partial charge < -0.3 is 10.4 Å². The minimum absolute atomic E-state index is 0.0224. The van der Waals surface area contributed by atoms with Crippen LogP contribution < -0.4 is 5.32 Å². The number of carbonyl (C=O) groups is 1. The fraction of sp³-hybridized carbons (Fsp3) is 0.278. The van der Waals surface area contributed by atoms with E-state index < -0.39 is 49.9 Å². The minimum atomic E-state index is -4.33. The van der Waals surface area contributed by atoms with E-state index in [1.165, 1.54) is 12.1 Å². The first-order valence-corrected chi connectivity index (χ1v) is 10.8. The van der Waals surface area contributed by atoms with E-state index in [-0.39, 0.29) is 36.1 Å². The predicted octanol–water partition coefficient (Wildman–Crippen LogP) is 3.26. The number of anilines is 1. The molecule has 0 atom stereocenters. The van der Waals surface area contributed by atoms with Crippen molar-refractivity contribution in [3.63, 3.8) is 0 Å². The number of hydrogen-bond acceptors (Lipinski definition) is 4. The van der Waals surface area contributed by atoms with Gasteiger partial charge in [0.1, 0.15) is 22.3 Å². The molecular weight excluding hydrogens is 477 g/mol. The fourth-order valence-electron chi connectivity index (χ4n) is 2.89. The van der Waals surface area contributed by atoms with Gasteiger partial charge >= 0.3 is 0 Å². The number of aliphatic hydroxyl groups is 1. The van der Waals surface area contributed by atoms with E-state index in [4.69, 9.17) is 0 Å². The Morgan fingerprint density at radius 3 is 2.34 bits per heavy atom. The summed E-state index contributed by atoms with van der Waals surface area (Å²) in [5, 5.41) is 11.8. The Hall–Kier alpha value is -1.95. The summed E-state index contributed by atoms with van der Waals surface area (Å²) in [6, 6.07) is 4.52. The first-order chi connectivity index (χ1) is 13.6. The second-order valence-electron chi connectivity index (χ2n) is 6.48. The highest BCUT2D eigenvalue weighted by molar-refractivity contribution is 9.10. The van der Waals surface area contributed by atoms with Crippen LogP contribution in [0, 0.1) is 17.5 Å². The van der Waals surface area contributed by atoms with Crippen LogP contribution in [0.3, 0.4) is 0 Å². The van der Waals surface area contributed by atoms with Crippen molar-refractivity contribution < 1.29 is 31.5 Å². The summed E-state index contributed by atoms with van der Waals surface area (Å²) in [5.41, 5.74) is -0.552. The van der Waals surface area contributed by atoms with E-state index >= 15 is 0 Å².